The Morgan fingerprint density at radius 1 is 1.20 bits per heavy atom. The minimum absolute atomic E-state index is 0.687. The molecule has 0 radical (unpaired) electrons. The molecule has 0 atom stereocenters. The largest absolute Gasteiger partial charge is 0.347 e. The van der Waals surface area contributed by atoms with E-state index in [0.29, 0.717) is 6.54 Å². The first-order valence-corrected chi connectivity index (χ1v) is 7.02. The Morgan fingerprint density at radius 3 is 2.85 bits per heavy atom. The lowest BCUT2D eigenvalue weighted by Crippen LogP contribution is -2.06. The van der Waals surface area contributed by atoms with Crippen molar-refractivity contribution in [1.29, 1.82) is 0 Å². The van der Waals surface area contributed by atoms with Crippen LogP contribution in [0.1, 0.15) is 11.1 Å². The van der Waals surface area contributed by atoms with Crippen molar-refractivity contribution in [2.75, 3.05) is 6.54 Å². The van der Waals surface area contributed by atoms with Gasteiger partial charge in [-0.15, -0.1) is 0 Å². The molecule has 3 aromatic rings. The number of aryl methyl sites for hydroxylation is 3. The molecule has 2 heterocycles. The summed E-state index contributed by atoms with van der Waals surface area (Å²) in [6.45, 7) is 1.66. The van der Waals surface area contributed by atoms with Crippen molar-refractivity contribution >= 4 is 10.9 Å². The van der Waals surface area contributed by atoms with E-state index < -0.39 is 0 Å². The minimum Gasteiger partial charge on any atom is -0.347 e. The highest BCUT2D eigenvalue weighted by Gasteiger charge is 2.06. The van der Waals surface area contributed by atoms with Gasteiger partial charge >= 0.3 is 0 Å². The van der Waals surface area contributed by atoms with E-state index in [-0.39, 0.29) is 0 Å². The number of hydrogen-bond donors (Lipinski definition) is 1. The van der Waals surface area contributed by atoms with Crippen LogP contribution < -0.4 is 5.73 Å². The van der Waals surface area contributed by atoms with Crippen LogP contribution in [0.3, 0.4) is 0 Å². The lowest BCUT2D eigenvalue weighted by atomic mass is 10.1. The molecular weight excluding hydrogens is 248 g/mol. The van der Waals surface area contributed by atoms with Crippen LogP contribution in [0.25, 0.3) is 10.9 Å². The Morgan fingerprint density at radius 2 is 2.10 bits per heavy atom. The van der Waals surface area contributed by atoms with E-state index in [2.05, 4.69) is 46.3 Å². The maximum absolute atomic E-state index is 5.72. The van der Waals surface area contributed by atoms with Gasteiger partial charge in [0.15, 0.2) is 0 Å². The normalized spacial score (nSPS) is 11.3. The number of benzene rings is 1. The van der Waals surface area contributed by atoms with Crippen molar-refractivity contribution in [3.63, 3.8) is 0 Å². The Hall–Kier alpha value is -2.07. The van der Waals surface area contributed by atoms with Crippen molar-refractivity contribution in [3.05, 3.63) is 54.0 Å². The molecule has 1 aromatic carbocycles. The third kappa shape index (κ3) is 2.47. The predicted molar refractivity (Wildman–Crippen MR) is 81.6 cm³/mol. The van der Waals surface area contributed by atoms with Crippen LogP contribution in [0.5, 0.6) is 0 Å². The number of nitrogens with two attached hydrogens (primary N) is 1. The van der Waals surface area contributed by atoms with Gasteiger partial charge in [-0.05, 0) is 42.0 Å². The Kier molecular flexibility index (Phi) is 3.56. The summed E-state index contributed by atoms with van der Waals surface area (Å²) in [5, 5.41) is 5.51. The highest BCUT2D eigenvalue weighted by atomic mass is 15.2. The van der Waals surface area contributed by atoms with Crippen molar-refractivity contribution in [2.24, 2.45) is 12.8 Å². The first kappa shape index (κ1) is 12.9. The lowest BCUT2D eigenvalue weighted by Gasteiger charge is -2.09. The first-order valence-electron chi connectivity index (χ1n) is 7.02. The monoisotopic (exact) mass is 268 g/mol. The minimum atomic E-state index is 0.687. The Bertz CT molecular complexity index is 708. The quantitative estimate of drug-likeness (QED) is 0.770. The van der Waals surface area contributed by atoms with Crippen LogP contribution in [0.4, 0.5) is 0 Å². The van der Waals surface area contributed by atoms with E-state index >= 15 is 0 Å². The molecule has 0 saturated carbocycles. The molecule has 0 spiro atoms. The maximum Gasteiger partial charge on any atom is 0.0522 e. The molecule has 2 N–H and O–H groups in total. The molecule has 0 amide bonds. The molecular formula is C16H20N4. The first-order chi connectivity index (χ1) is 9.78. The average Bonchev–Trinajstić information content (AvgIpc) is 3.04. The zero-order valence-electron chi connectivity index (χ0n) is 11.8. The molecule has 0 aliphatic heterocycles. The molecule has 4 nitrogen and oxygen atoms in total. The van der Waals surface area contributed by atoms with E-state index in [1.165, 1.54) is 22.0 Å². The summed E-state index contributed by atoms with van der Waals surface area (Å²) in [6, 6.07) is 8.63. The number of rotatable bonds is 5. The van der Waals surface area contributed by atoms with Crippen LogP contribution in [0.15, 0.2) is 42.9 Å². The highest BCUT2D eigenvalue weighted by Crippen LogP contribution is 2.21. The highest BCUT2D eigenvalue weighted by molar-refractivity contribution is 5.83. The van der Waals surface area contributed by atoms with Crippen LogP contribution in [0.2, 0.25) is 0 Å². The van der Waals surface area contributed by atoms with Gasteiger partial charge in [0.25, 0.3) is 0 Å². The average molecular weight is 268 g/mol. The molecule has 2 aromatic heterocycles. The molecule has 4 heteroatoms. The summed E-state index contributed by atoms with van der Waals surface area (Å²) in [7, 11) is 1.95. The predicted octanol–water partition coefficient (Wildman–Crippen LogP) is 2.12. The molecule has 0 saturated heterocycles. The van der Waals surface area contributed by atoms with Gasteiger partial charge in [0.2, 0.25) is 0 Å². The molecule has 0 aliphatic carbocycles. The van der Waals surface area contributed by atoms with Crippen molar-refractivity contribution in [2.45, 2.75) is 19.4 Å². The van der Waals surface area contributed by atoms with Crippen LogP contribution in [0, 0.1) is 0 Å². The van der Waals surface area contributed by atoms with Gasteiger partial charge in [-0.3, -0.25) is 4.68 Å². The zero-order chi connectivity index (χ0) is 13.9. The summed E-state index contributed by atoms with van der Waals surface area (Å²) in [4.78, 5) is 0. The van der Waals surface area contributed by atoms with Gasteiger partial charge in [0, 0.05) is 26.0 Å². The van der Waals surface area contributed by atoms with Gasteiger partial charge in [-0.2, -0.15) is 5.10 Å². The third-order valence-electron chi connectivity index (χ3n) is 3.69. The number of nitrogens with zero attached hydrogens (tertiary/aromatic N) is 3. The summed E-state index contributed by atoms with van der Waals surface area (Å²) in [5.74, 6) is 0. The second kappa shape index (κ2) is 5.51. The maximum atomic E-state index is 5.72. The molecule has 0 aliphatic rings. The second-order valence-electron chi connectivity index (χ2n) is 5.18. The van der Waals surface area contributed by atoms with Crippen LogP contribution in [-0.2, 0) is 26.4 Å². The molecule has 20 heavy (non-hydrogen) atoms. The SMILES string of the molecule is Cn1cc(CCn2ccc3cccc(CCN)c32)cn1. The van der Waals surface area contributed by atoms with E-state index in [4.69, 9.17) is 5.73 Å². The topological polar surface area (TPSA) is 48.8 Å². The smallest absolute Gasteiger partial charge is 0.0522 e. The molecule has 0 unspecified atom stereocenters. The fourth-order valence-corrected chi connectivity index (χ4v) is 2.73. The van der Waals surface area contributed by atoms with Gasteiger partial charge in [0.1, 0.15) is 0 Å². The summed E-state index contributed by atoms with van der Waals surface area (Å²) >= 11 is 0. The van der Waals surface area contributed by atoms with Gasteiger partial charge in [-0.25, -0.2) is 0 Å². The summed E-state index contributed by atoms with van der Waals surface area (Å²) in [5.41, 5.74) is 9.64. The number of aromatic nitrogens is 3. The Balaban J connectivity index is 1.87. The fourth-order valence-electron chi connectivity index (χ4n) is 2.73. The van der Waals surface area contributed by atoms with Crippen molar-refractivity contribution in [1.82, 2.24) is 14.3 Å². The van der Waals surface area contributed by atoms with Gasteiger partial charge in [-0.1, -0.05) is 18.2 Å². The van der Waals surface area contributed by atoms with Crippen LogP contribution >= 0.6 is 0 Å². The van der Waals surface area contributed by atoms with Crippen LogP contribution in [-0.4, -0.2) is 20.9 Å². The van der Waals surface area contributed by atoms with Gasteiger partial charge in [0.05, 0.1) is 11.7 Å². The van der Waals surface area contributed by atoms with Crippen molar-refractivity contribution in [3.8, 4) is 0 Å². The molecule has 0 bridgehead atoms. The summed E-state index contributed by atoms with van der Waals surface area (Å²) in [6.07, 6.45) is 8.10. The van der Waals surface area contributed by atoms with E-state index in [0.717, 1.165) is 19.4 Å². The van der Waals surface area contributed by atoms with E-state index in [1.807, 2.05) is 17.9 Å². The molecule has 3 rings (SSSR count). The zero-order valence-corrected chi connectivity index (χ0v) is 11.8. The molecule has 0 fully saturated rings. The number of hydrogen-bond acceptors (Lipinski definition) is 2. The summed E-state index contributed by atoms with van der Waals surface area (Å²) < 4.78 is 4.18. The van der Waals surface area contributed by atoms with E-state index in [1.54, 1.807) is 0 Å². The van der Waals surface area contributed by atoms with E-state index in [9.17, 15) is 0 Å². The lowest BCUT2D eigenvalue weighted by molar-refractivity contribution is 0.717. The van der Waals surface area contributed by atoms with Crippen molar-refractivity contribution < 1.29 is 0 Å². The molecule has 104 valence electrons. The Labute approximate surface area is 118 Å². The second-order valence-corrected chi connectivity index (χ2v) is 5.18. The fraction of sp³-hybridized carbons (Fsp3) is 0.312. The number of fused-ring (bicyclic) bond motifs is 1. The van der Waals surface area contributed by atoms with Gasteiger partial charge < -0.3 is 10.3 Å². The number of para-hydroxylation sites is 1. The third-order valence-corrected chi connectivity index (χ3v) is 3.69. The standard InChI is InChI=1S/C16H20N4/c1-19-12-13(11-18-19)6-9-20-10-7-15-4-2-3-14(5-8-17)16(15)20/h2-4,7,10-12H,5-6,8-9,17H2,1H3.